The van der Waals surface area contributed by atoms with Crippen molar-refractivity contribution in [3.8, 4) is 0 Å². The smallest absolute Gasteiger partial charge is 0.333 e. The first-order valence-corrected chi connectivity index (χ1v) is 9.37. The van der Waals surface area contributed by atoms with Gasteiger partial charge in [0, 0.05) is 10.0 Å². The zero-order valence-electron chi connectivity index (χ0n) is 15.3. The van der Waals surface area contributed by atoms with E-state index in [2.05, 4.69) is 22.5 Å². The Morgan fingerprint density at radius 1 is 1.26 bits per heavy atom. The molecule has 0 atom stereocenters. The van der Waals surface area contributed by atoms with Gasteiger partial charge in [-0.15, -0.1) is 0 Å². The van der Waals surface area contributed by atoms with Gasteiger partial charge >= 0.3 is 5.97 Å². The van der Waals surface area contributed by atoms with Crippen molar-refractivity contribution in [3.05, 3.63) is 76.4 Å². The summed E-state index contributed by atoms with van der Waals surface area (Å²) in [6.45, 7) is 8.14. The Hall–Kier alpha value is -2.66. The summed E-state index contributed by atoms with van der Waals surface area (Å²) in [5.41, 5.74) is 5.55. The molecule has 1 aliphatic rings. The number of hydrogen-bond donors (Lipinski definition) is 1. The number of carbonyl (C=O) groups excluding carboxylic acids is 1. The third-order valence-electron chi connectivity index (χ3n) is 4.80. The van der Waals surface area contributed by atoms with Gasteiger partial charge in [-0.2, -0.15) is 0 Å². The lowest BCUT2D eigenvalue weighted by atomic mass is 10.0. The minimum absolute atomic E-state index is 0.0741. The van der Waals surface area contributed by atoms with Crippen molar-refractivity contribution < 1.29 is 14.7 Å². The average Bonchev–Trinajstić information content (AvgIpc) is 2.74. The zero-order chi connectivity index (χ0) is 19.7. The quantitative estimate of drug-likeness (QED) is 0.743. The highest BCUT2D eigenvalue weighted by Gasteiger charge is 2.30. The van der Waals surface area contributed by atoms with E-state index in [0.29, 0.717) is 16.6 Å². The number of fused-ring (bicyclic) bond motifs is 1. The Balaban J connectivity index is 2.13. The van der Waals surface area contributed by atoms with E-state index in [1.807, 2.05) is 50.2 Å². The Morgan fingerprint density at radius 2 is 2.00 bits per heavy atom. The van der Waals surface area contributed by atoms with E-state index in [1.165, 1.54) is 0 Å². The molecule has 0 unspecified atom stereocenters. The Morgan fingerprint density at radius 3 is 2.67 bits per heavy atom. The van der Waals surface area contributed by atoms with Gasteiger partial charge in [0.05, 0.1) is 24.2 Å². The summed E-state index contributed by atoms with van der Waals surface area (Å²) in [6.07, 6.45) is 1.63. The summed E-state index contributed by atoms with van der Waals surface area (Å²) in [7, 11) is 0. The van der Waals surface area contributed by atoms with Gasteiger partial charge in [-0.3, -0.25) is 4.79 Å². The van der Waals surface area contributed by atoms with Crippen molar-refractivity contribution in [2.24, 2.45) is 0 Å². The largest absolute Gasteiger partial charge is 0.478 e. The fraction of sp³-hybridized carbons (Fsp3) is 0.182. The molecule has 2 aromatic carbocycles. The number of rotatable bonds is 4. The van der Waals surface area contributed by atoms with Gasteiger partial charge in [-0.05, 0) is 58.1 Å². The molecule has 0 saturated heterocycles. The Bertz CT molecular complexity index is 991. The summed E-state index contributed by atoms with van der Waals surface area (Å²) >= 11 is 3.42. The Kier molecular flexibility index (Phi) is 5.33. The highest BCUT2D eigenvalue weighted by atomic mass is 79.9. The van der Waals surface area contributed by atoms with Gasteiger partial charge in [0.25, 0.3) is 0 Å². The van der Waals surface area contributed by atoms with Crippen LogP contribution in [0.3, 0.4) is 0 Å². The molecule has 5 heteroatoms. The third kappa shape index (κ3) is 3.60. The van der Waals surface area contributed by atoms with Crippen LogP contribution in [0.5, 0.6) is 0 Å². The number of anilines is 1. The lowest BCUT2D eigenvalue weighted by Crippen LogP contribution is -2.31. The molecule has 0 spiro atoms. The topological polar surface area (TPSA) is 57.6 Å². The number of benzene rings is 2. The lowest BCUT2D eigenvalue weighted by molar-refractivity contribution is -0.133. The number of amides is 1. The first-order valence-electron chi connectivity index (χ1n) is 8.57. The molecular weight excluding hydrogens is 406 g/mol. The van der Waals surface area contributed by atoms with Gasteiger partial charge < -0.3 is 10.0 Å². The summed E-state index contributed by atoms with van der Waals surface area (Å²) in [5.74, 6) is -1.33. The zero-order valence-corrected chi connectivity index (χ0v) is 16.8. The highest BCUT2D eigenvalue weighted by Crippen LogP contribution is 2.40. The number of aryl methyl sites for hydroxylation is 2. The summed E-state index contributed by atoms with van der Waals surface area (Å²) in [5, 5.41) is 9.55. The molecule has 27 heavy (non-hydrogen) atoms. The average molecular weight is 426 g/mol. The van der Waals surface area contributed by atoms with E-state index in [9.17, 15) is 14.7 Å². The van der Waals surface area contributed by atoms with Crippen LogP contribution in [-0.4, -0.2) is 17.0 Å². The van der Waals surface area contributed by atoms with Crippen LogP contribution in [-0.2, 0) is 16.1 Å². The second-order valence-electron chi connectivity index (χ2n) is 6.62. The molecule has 0 fully saturated rings. The van der Waals surface area contributed by atoms with Gasteiger partial charge in [-0.1, -0.05) is 43.0 Å². The lowest BCUT2D eigenvalue weighted by Gasteiger charge is -2.25. The number of nitrogens with zero attached hydrogens (tertiary/aromatic N) is 1. The predicted octanol–water partition coefficient (Wildman–Crippen LogP) is 5.07. The summed E-state index contributed by atoms with van der Waals surface area (Å²) in [6, 6.07) is 11.6. The van der Waals surface area contributed by atoms with E-state index in [1.54, 1.807) is 11.0 Å². The summed E-state index contributed by atoms with van der Waals surface area (Å²) < 4.78 is 0.459. The van der Waals surface area contributed by atoms with Crippen LogP contribution in [0.1, 0.15) is 34.2 Å². The second-order valence-corrected chi connectivity index (χ2v) is 7.41. The molecule has 0 aromatic heterocycles. The molecule has 0 radical (unpaired) electrons. The van der Waals surface area contributed by atoms with Gasteiger partial charge in [-0.25, -0.2) is 4.79 Å². The molecule has 4 nitrogen and oxygen atoms in total. The van der Waals surface area contributed by atoms with Gasteiger partial charge in [0.1, 0.15) is 0 Å². The molecule has 1 heterocycles. The minimum Gasteiger partial charge on any atom is -0.478 e. The van der Waals surface area contributed by atoms with Crippen LogP contribution in [0, 0.1) is 13.8 Å². The van der Waals surface area contributed by atoms with Crippen LogP contribution in [0.15, 0.2) is 48.6 Å². The molecule has 3 rings (SSSR count). The van der Waals surface area contributed by atoms with Crippen molar-refractivity contribution in [2.75, 3.05) is 4.90 Å². The third-order valence-corrected chi connectivity index (χ3v) is 5.71. The molecule has 1 amide bonds. The second kappa shape index (κ2) is 7.53. The maximum absolute atomic E-state index is 13.0. The maximum Gasteiger partial charge on any atom is 0.333 e. The number of hydrogen-bond acceptors (Lipinski definition) is 2. The molecule has 138 valence electrons. The highest BCUT2D eigenvalue weighted by molar-refractivity contribution is 9.15. The van der Waals surface area contributed by atoms with E-state index in [0.717, 1.165) is 27.9 Å². The van der Waals surface area contributed by atoms with Gasteiger partial charge in [0.2, 0.25) is 5.91 Å². The number of carbonyl (C=O) groups is 2. The number of carboxylic acids is 1. The van der Waals surface area contributed by atoms with E-state index < -0.39 is 5.97 Å². The van der Waals surface area contributed by atoms with Crippen molar-refractivity contribution in [1.82, 2.24) is 0 Å². The minimum atomic E-state index is -1.09. The fourth-order valence-electron chi connectivity index (χ4n) is 3.33. The standard InChI is InChI=1S/C22H20BrNO3/c1-4-16-10-15(9-8-13(16)2)12-24-19(25)11-18(22(26)27)20(23)17-7-5-6-14(3)21(17)24/h4-10H,1,11-12H2,2-3H3,(H,26,27). The fourth-order valence-corrected chi connectivity index (χ4v) is 3.96. The first-order chi connectivity index (χ1) is 12.8. The van der Waals surface area contributed by atoms with E-state index in [-0.39, 0.29) is 17.9 Å². The molecule has 1 N–H and O–H groups in total. The van der Waals surface area contributed by atoms with Crippen LogP contribution in [0.25, 0.3) is 10.6 Å². The summed E-state index contributed by atoms with van der Waals surface area (Å²) in [4.78, 5) is 26.4. The number of para-hydroxylation sites is 1. The molecular formula is C22H20BrNO3. The number of halogens is 1. The van der Waals surface area contributed by atoms with Gasteiger partial charge in [0.15, 0.2) is 0 Å². The molecule has 0 bridgehead atoms. The van der Waals surface area contributed by atoms with Crippen LogP contribution < -0.4 is 4.90 Å². The maximum atomic E-state index is 13.0. The van der Waals surface area contributed by atoms with Crippen LogP contribution in [0.4, 0.5) is 5.69 Å². The van der Waals surface area contributed by atoms with E-state index in [4.69, 9.17) is 0 Å². The van der Waals surface area contributed by atoms with E-state index >= 15 is 0 Å². The van der Waals surface area contributed by atoms with Crippen LogP contribution >= 0.6 is 15.9 Å². The van der Waals surface area contributed by atoms with Crippen molar-refractivity contribution >= 4 is 44.1 Å². The molecule has 0 saturated carbocycles. The number of carboxylic acid groups (broad SMARTS) is 1. The van der Waals surface area contributed by atoms with Crippen molar-refractivity contribution in [1.29, 1.82) is 0 Å². The predicted molar refractivity (Wildman–Crippen MR) is 112 cm³/mol. The number of aliphatic carboxylic acids is 1. The van der Waals surface area contributed by atoms with Crippen LogP contribution in [0.2, 0.25) is 0 Å². The SMILES string of the molecule is C=Cc1cc(CN2C(=O)CC(C(=O)O)=C(Br)c3cccc(C)c32)ccc1C. The monoisotopic (exact) mass is 425 g/mol. The first kappa shape index (κ1) is 19.1. The normalized spacial score (nSPS) is 14.0. The Labute approximate surface area is 166 Å². The molecule has 1 aliphatic heterocycles. The molecule has 2 aromatic rings. The van der Waals surface area contributed by atoms with Crippen molar-refractivity contribution in [2.45, 2.75) is 26.8 Å². The van der Waals surface area contributed by atoms with Crippen molar-refractivity contribution in [3.63, 3.8) is 0 Å². The molecule has 0 aliphatic carbocycles.